The second-order valence-electron chi connectivity index (χ2n) is 6.46. The van der Waals surface area contributed by atoms with Gasteiger partial charge in [-0.1, -0.05) is 18.2 Å². The minimum absolute atomic E-state index is 0.225. The predicted molar refractivity (Wildman–Crippen MR) is 81.6 cm³/mol. The third-order valence-electron chi connectivity index (χ3n) is 4.48. The molecule has 3 rings (SSSR count). The van der Waals surface area contributed by atoms with Crippen molar-refractivity contribution in [1.82, 2.24) is 9.80 Å². The van der Waals surface area contributed by atoms with Crippen LogP contribution in [0.15, 0.2) is 18.2 Å². The van der Waals surface area contributed by atoms with Crippen LogP contribution in [0, 0.1) is 5.92 Å². The van der Waals surface area contributed by atoms with Gasteiger partial charge in [0, 0.05) is 46.3 Å². The van der Waals surface area contributed by atoms with Gasteiger partial charge in [0.2, 0.25) is 5.91 Å². The molecule has 0 spiro atoms. The molecule has 2 aliphatic rings. The van der Waals surface area contributed by atoms with Gasteiger partial charge in [-0.2, -0.15) is 0 Å². The van der Waals surface area contributed by atoms with Crippen molar-refractivity contribution in [2.24, 2.45) is 5.92 Å². The molecule has 4 nitrogen and oxygen atoms in total. The molecule has 1 aromatic rings. The van der Waals surface area contributed by atoms with Crippen molar-refractivity contribution in [3.05, 3.63) is 34.9 Å². The Hall–Kier alpha value is -1.39. The van der Waals surface area contributed by atoms with Gasteiger partial charge < -0.3 is 9.64 Å². The smallest absolute Gasteiger partial charge is 0.222 e. The van der Waals surface area contributed by atoms with Crippen LogP contribution in [0.1, 0.15) is 29.5 Å². The standard InChI is InChI=1S/C17H24N2O2/c1-18-10-15-4-3-13(7-16(15)11-18)9-19(2)17(20)8-14-5-6-21-12-14/h3-4,7,14H,5-6,8-12H2,1-2H3. The normalized spacial score (nSPS) is 21.5. The van der Waals surface area contributed by atoms with Gasteiger partial charge in [0.25, 0.3) is 0 Å². The molecule has 0 bridgehead atoms. The molecular weight excluding hydrogens is 264 g/mol. The number of amides is 1. The van der Waals surface area contributed by atoms with E-state index in [0.29, 0.717) is 18.9 Å². The van der Waals surface area contributed by atoms with E-state index in [1.54, 1.807) is 0 Å². The number of benzene rings is 1. The van der Waals surface area contributed by atoms with Crippen LogP contribution in [0.4, 0.5) is 0 Å². The third kappa shape index (κ3) is 3.44. The summed E-state index contributed by atoms with van der Waals surface area (Å²) in [4.78, 5) is 16.4. The quantitative estimate of drug-likeness (QED) is 0.850. The van der Waals surface area contributed by atoms with E-state index in [4.69, 9.17) is 4.74 Å². The second kappa shape index (κ2) is 6.16. The first-order chi connectivity index (χ1) is 10.1. The maximum Gasteiger partial charge on any atom is 0.222 e. The Balaban J connectivity index is 1.58. The fourth-order valence-corrected chi connectivity index (χ4v) is 3.23. The van der Waals surface area contributed by atoms with Crippen LogP contribution in [0.25, 0.3) is 0 Å². The monoisotopic (exact) mass is 288 g/mol. The lowest BCUT2D eigenvalue weighted by atomic mass is 10.0. The van der Waals surface area contributed by atoms with Crippen molar-refractivity contribution in [3.63, 3.8) is 0 Å². The highest BCUT2D eigenvalue weighted by Gasteiger charge is 2.21. The number of hydrogen-bond donors (Lipinski definition) is 0. The largest absolute Gasteiger partial charge is 0.381 e. The van der Waals surface area contributed by atoms with E-state index >= 15 is 0 Å². The fraction of sp³-hybridized carbons (Fsp3) is 0.588. The maximum absolute atomic E-state index is 12.3. The molecule has 0 saturated carbocycles. The molecule has 1 amide bonds. The van der Waals surface area contributed by atoms with E-state index in [2.05, 4.69) is 30.1 Å². The average Bonchev–Trinajstić information content (AvgIpc) is 3.06. The van der Waals surface area contributed by atoms with Gasteiger partial charge in [0.15, 0.2) is 0 Å². The van der Waals surface area contributed by atoms with Crippen molar-refractivity contribution in [2.45, 2.75) is 32.5 Å². The summed E-state index contributed by atoms with van der Waals surface area (Å²) < 4.78 is 5.34. The minimum Gasteiger partial charge on any atom is -0.381 e. The molecule has 2 aliphatic heterocycles. The van der Waals surface area contributed by atoms with Gasteiger partial charge in [-0.05, 0) is 36.1 Å². The molecular formula is C17H24N2O2. The van der Waals surface area contributed by atoms with Gasteiger partial charge in [-0.3, -0.25) is 9.69 Å². The molecule has 0 radical (unpaired) electrons. The van der Waals surface area contributed by atoms with Crippen molar-refractivity contribution < 1.29 is 9.53 Å². The first-order valence-corrected chi connectivity index (χ1v) is 7.73. The zero-order valence-corrected chi connectivity index (χ0v) is 13.0. The number of ether oxygens (including phenoxy) is 1. The van der Waals surface area contributed by atoms with Gasteiger partial charge >= 0.3 is 0 Å². The number of rotatable bonds is 4. The molecule has 21 heavy (non-hydrogen) atoms. The van der Waals surface area contributed by atoms with Crippen LogP contribution >= 0.6 is 0 Å². The van der Waals surface area contributed by atoms with Crippen LogP contribution in [0.2, 0.25) is 0 Å². The van der Waals surface area contributed by atoms with E-state index in [-0.39, 0.29) is 5.91 Å². The Morgan fingerprint density at radius 3 is 2.95 bits per heavy atom. The first-order valence-electron chi connectivity index (χ1n) is 7.73. The molecule has 0 N–H and O–H groups in total. The average molecular weight is 288 g/mol. The van der Waals surface area contributed by atoms with Crippen LogP contribution in [0.5, 0.6) is 0 Å². The summed E-state index contributed by atoms with van der Waals surface area (Å²) in [6.07, 6.45) is 1.63. The topological polar surface area (TPSA) is 32.8 Å². The highest BCUT2D eigenvalue weighted by Crippen LogP contribution is 2.23. The molecule has 0 aromatic heterocycles. The number of hydrogen-bond acceptors (Lipinski definition) is 3. The van der Waals surface area contributed by atoms with E-state index in [1.807, 2.05) is 11.9 Å². The first kappa shape index (κ1) is 14.5. The molecule has 1 fully saturated rings. The number of carbonyl (C=O) groups excluding carboxylic acids is 1. The van der Waals surface area contributed by atoms with Crippen molar-refractivity contribution in [3.8, 4) is 0 Å². The molecule has 114 valence electrons. The zero-order chi connectivity index (χ0) is 14.8. The SMILES string of the molecule is CN1Cc2ccc(CN(C)C(=O)CC3CCOC3)cc2C1. The molecule has 1 atom stereocenters. The molecule has 4 heteroatoms. The summed E-state index contributed by atoms with van der Waals surface area (Å²) in [5.74, 6) is 0.636. The van der Waals surface area contributed by atoms with E-state index < -0.39 is 0 Å². The second-order valence-corrected chi connectivity index (χ2v) is 6.46. The van der Waals surface area contributed by atoms with Gasteiger partial charge in [-0.25, -0.2) is 0 Å². The minimum atomic E-state index is 0.225. The lowest BCUT2D eigenvalue weighted by Gasteiger charge is -2.19. The van der Waals surface area contributed by atoms with Crippen molar-refractivity contribution >= 4 is 5.91 Å². The Morgan fingerprint density at radius 1 is 1.38 bits per heavy atom. The Morgan fingerprint density at radius 2 is 2.19 bits per heavy atom. The summed E-state index contributed by atoms with van der Waals surface area (Å²) in [6, 6.07) is 6.61. The maximum atomic E-state index is 12.3. The van der Waals surface area contributed by atoms with Crippen LogP contribution in [-0.4, -0.2) is 43.0 Å². The van der Waals surface area contributed by atoms with Gasteiger partial charge in [0.1, 0.15) is 0 Å². The van der Waals surface area contributed by atoms with E-state index in [0.717, 1.165) is 32.7 Å². The predicted octanol–water partition coefficient (Wildman–Crippen LogP) is 2.02. The Bertz CT molecular complexity index is 524. The van der Waals surface area contributed by atoms with Gasteiger partial charge in [0.05, 0.1) is 0 Å². The van der Waals surface area contributed by atoms with E-state index in [9.17, 15) is 4.79 Å². The lowest BCUT2D eigenvalue weighted by molar-refractivity contribution is -0.131. The Labute approximate surface area is 126 Å². The molecule has 1 aromatic carbocycles. The third-order valence-corrected chi connectivity index (χ3v) is 4.48. The molecule has 0 aliphatic carbocycles. The van der Waals surface area contributed by atoms with Crippen LogP contribution in [-0.2, 0) is 29.2 Å². The van der Waals surface area contributed by atoms with Crippen LogP contribution < -0.4 is 0 Å². The van der Waals surface area contributed by atoms with Crippen LogP contribution in [0.3, 0.4) is 0 Å². The fourth-order valence-electron chi connectivity index (χ4n) is 3.23. The molecule has 2 heterocycles. The summed E-state index contributed by atoms with van der Waals surface area (Å²) >= 11 is 0. The highest BCUT2D eigenvalue weighted by atomic mass is 16.5. The number of carbonyl (C=O) groups is 1. The van der Waals surface area contributed by atoms with E-state index in [1.165, 1.54) is 16.7 Å². The summed E-state index contributed by atoms with van der Waals surface area (Å²) in [5, 5.41) is 0. The van der Waals surface area contributed by atoms with Crippen molar-refractivity contribution in [2.75, 3.05) is 27.3 Å². The zero-order valence-electron chi connectivity index (χ0n) is 13.0. The Kier molecular flexibility index (Phi) is 4.27. The summed E-state index contributed by atoms with van der Waals surface area (Å²) in [7, 11) is 4.04. The number of nitrogens with zero attached hydrogens (tertiary/aromatic N) is 2. The lowest BCUT2D eigenvalue weighted by Crippen LogP contribution is -2.28. The summed E-state index contributed by atoms with van der Waals surface area (Å²) in [5.41, 5.74) is 4.04. The van der Waals surface area contributed by atoms with Crippen molar-refractivity contribution in [1.29, 1.82) is 0 Å². The summed E-state index contributed by atoms with van der Waals surface area (Å²) in [6.45, 7) is 4.29. The molecule has 1 unspecified atom stereocenters. The number of fused-ring (bicyclic) bond motifs is 1. The molecule has 1 saturated heterocycles. The highest BCUT2D eigenvalue weighted by molar-refractivity contribution is 5.76. The van der Waals surface area contributed by atoms with Gasteiger partial charge in [-0.15, -0.1) is 0 Å².